The van der Waals surface area contributed by atoms with E-state index in [0.717, 1.165) is 83.3 Å². The van der Waals surface area contributed by atoms with Crippen molar-refractivity contribution in [2.75, 3.05) is 0 Å². The molecule has 0 aliphatic heterocycles. The molecule has 0 N–H and O–H groups in total. The van der Waals surface area contributed by atoms with E-state index in [9.17, 15) is 0 Å². The van der Waals surface area contributed by atoms with Crippen LogP contribution >= 0.6 is 34.0 Å². The Morgan fingerprint density at radius 1 is 0.118 bits per heavy atom. The predicted octanol–water partition coefficient (Wildman–Crippen LogP) is 31.2. The van der Waals surface area contributed by atoms with E-state index in [1.807, 2.05) is 180 Å². The zero-order valence-electron chi connectivity index (χ0n) is 68.4. The van der Waals surface area contributed by atoms with Crippen molar-refractivity contribution in [2.45, 2.75) is 0 Å². The summed E-state index contributed by atoms with van der Waals surface area (Å²) >= 11 is 5.54. The fourth-order valence-corrected chi connectivity index (χ4v) is 20.5. The minimum atomic E-state index is 0.636. The SMILES string of the molecule is c1ccc(-c2ccccc2-c2nc(-c3ccc(-c4cccc5sc6ccccc6c45)cc3)nc(-c3ccccc3-c3ccccc3)n2)cc1.c1ccc(-c2nc(-c3ccccc3)nc(-c3ccc(-c4cccc5c4sc4ccccc45)c4ccccc34)n2)cc1.c1ccc(-c2nc(-c3ccccc3)nc(-c3ccc(-c4cccc5sc6ccccc6c45)cc3)n2)cc1. The van der Waals surface area contributed by atoms with Gasteiger partial charge in [0.25, 0.3) is 0 Å². The van der Waals surface area contributed by atoms with Gasteiger partial charge < -0.3 is 0 Å². The zero-order valence-corrected chi connectivity index (χ0v) is 70.8. The van der Waals surface area contributed by atoms with Crippen molar-refractivity contribution in [3.8, 4) is 158 Å². The first kappa shape index (κ1) is 77.0. The van der Waals surface area contributed by atoms with Crippen molar-refractivity contribution in [1.82, 2.24) is 44.9 Å². The van der Waals surface area contributed by atoms with Crippen LogP contribution in [0, 0.1) is 0 Å². The third-order valence-corrected chi connectivity index (χ3v) is 26.6. The molecule has 0 spiro atoms. The van der Waals surface area contributed by atoms with Crippen LogP contribution in [0.4, 0.5) is 0 Å². The van der Waals surface area contributed by atoms with Gasteiger partial charge in [-0.1, -0.05) is 406 Å². The van der Waals surface area contributed by atoms with E-state index in [1.165, 1.54) is 93.7 Å². The molecular weight excluding hydrogens is 1600 g/mol. The summed E-state index contributed by atoms with van der Waals surface area (Å²) in [6.45, 7) is 0. The molecule has 24 rings (SSSR count). The minimum Gasteiger partial charge on any atom is -0.208 e. The Bertz CT molecular complexity index is 7960. The lowest BCUT2D eigenvalue weighted by Gasteiger charge is -2.14. The first-order valence-corrected chi connectivity index (χ1v) is 44.7. The van der Waals surface area contributed by atoms with Gasteiger partial charge in [0.2, 0.25) is 0 Å². The Labute approximate surface area is 745 Å². The largest absolute Gasteiger partial charge is 0.208 e. The van der Waals surface area contributed by atoms with Crippen molar-refractivity contribution in [1.29, 1.82) is 0 Å². The number of thiophene rings is 3. The lowest BCUT2D eigenvalue weighted by molar-refractivity contribution is 1.07. The van der Waals surface area contributed by atoms with Crippen molar-refractivity contribution in [2.24, 2.45) is 0 Å². The van der Waals surface area contributed by atoms with Crippen molar-refractivity contribution in [3.63, 3.8) is 0 Å². The maximum Gasteiger partial charge on any atom is 0.164 e. The average Bonchev–Trinajstić information content (AvgIpc) is 1.69. The maximum absolute atomic E-state index is 5.17. The maximum atomic E-state index is 5.17. The molecule has 0 bridgehead atoms. The highest BCUT2D eigenvalue weighted by atomic mass is 32.1. The van der Waals surface area contributed by atoms with Gasteiger partial charge in [-0.15, -0.1) is 34.0 Å². The minimum absolute atomic E-state index is 0.636. The molecule has 24 aromatic rings. The quantitative estimate of drug-likeness (QED) is 0.105. The summed E-state index contributed by atoms with van der Waals surface area (Å²) in [7, 11) is 0. The van der Waals surface area contributed by atoms with Gasteiger partial charge in [0.1, 0.15) is 0 Å². The molecule has 0 amide bonds. The molecule has 0 atom stereocenters. The second-order valence-electron chi connectivity index (χ2n) is 30.9. The van der Waals surface area contributed by atoms with Crippen LogP contribution in [0.3, 0.4) is 0 Å². The van der Waals surface area contributed by atoms with Gasteiger partial charge in [-0.25, -0.2) is 44.9 Å². The summed E-state index contributed by atoms with van der Waals surface area (Å²) in [6, 6.07) is 154. The van der Waals surface area contributed by atoms with Crippen LogP contribution in [0.15, 0.2) is 443 Å². The molecule has 127 heavy (non-hydrogen) atoms. The molecular formula is C115H73N9S3. The highest BCUT2D eigenvalue weighted by Crippen LogP contribution is 2.47. The summed E-state index contributed by atoms with van der Waals surface area (Å²) in [5.41, 5.74) is 20.3. The second kappa shape index (κ2) is 34.3. The van der Waals surface area contributed by atoms with Crippen LogP contribution in [0.2, 0.25) is 0 Å². The van der Waals surface area contributed by atoms with Gasteiger partial charge >= 0.3 is 0 Å². The van der Waals surface area contributed by atoms with Crippen molar-refractivity contribution < 1.29 is 0 Å². The van der Waals surface area contributed by atoms with Gasteiger partial charge in [-0.3, -0.25) is 0 Å². The normalized spacial score (nSPS) is 11.3. The number of hydrogen-bond acceptors (Lipinski definition) is 12. The molecule has 0 radical (unpaired) electrons. The summed E-state index contributed by atoms with van der Waals surface area (Å²) in [4.78, 5) is 44.9. The fourth-order valence-electron chi connectivity index (χ4n) is 17.0. The Balaban J connectivity index is 0.000000114. The average molecular weight is 1680 g/mol. The number of hydrogen-bond donors (Lipinski definition) is 0. The number of fused-ring (bicyclic) bond motifs is 10. The Kier molecular flexibility index (Phi) is 20.8. The predicted molar refractivity (Wildman–Crippen MR) is 532 cm³/mol. The van der Waals surface area contributed by atoms with E-state index in [1.54, 1.807) is 0 Å². The van der Waals surface area contributed by atoms with Crippen LogP contribution in [-0.4, -0.2) is 44.9 Å². The third-order valence-electron chi connectivity index (χ3n) is 23.1. The summed E-state index contributed by atoms with van der Waals surface area (Å²) in [6.07, 6.45) is 0. The van der Waals surface area contributed by atoms with Crippen LogP contribution in [0.25, 0.3) is 229 Å². The van der Waals surface area contributed by atoms with Gasteiger partial charge in [-0.05, 0) is 97.2 Å². The van der Waals surface area contributed by atoms with E-state index < -0.39 is 0 Å². The van der Waals surface area contributed by atoms with Crippen molar-refractivity contribution >= 4 is 105 Å². The molecule has 6 heterocycles. The van der Waals surface area contributed by atoms with Crippen LogP contribution in [0.5, 0.6) is 0 Å². The highest BCUT2D eigenvalue weighted by Gasteiger charge is 2.23. The van der Waals surface area contributed by atoms with E-state index >= 15 is 0 Å². The topological polar surface area (TPSA) is 116 Å². The van der Waals surface area contributed by atoms with Crippen LogP contribution in [-0.2, 0) is 0 Å². The number of rotatable bonds is 14. The van der Waals surface area contributed by atoms with Gasteiger partial charge in [0, 0.05) is 116 Å². The fraction of sp³-hybridized carbons (Fsp3) is 0. The lowest BCUT2D eigenvalue weighted by atomic mass is 9.94. The highest BCUT2D eigenvalue weighted by molar-refractivity contribution is 7.27. The van der Waals surface area contributed by atoms with E-state index in [-0.39, 0.29) is 0 Å². The standard InChI is InChI=1S/C45H29N3S.C37H23N3S.C33H21N3S/c1-3-14-30(15-4-1)34-18-7-9-20-37(34)44-46-43(47-45(48-44)38-21-10-8-19-35(38)31-16-5-2-6-17-31)33-28-26-32(27-29-33)36-23-13-25-41-42(36)39-22-11-12-24-40(39)49-41;1-3-12-24(13-4-1)35-38-36(25-14-5-2-6-15-25)40-37(39-35)32-23-22-28(26-16-7-8-17-27(26)32)30-19-11-20-31-29-18-9-10-21-33(29)41-34(30)31;1-3-10-23(11-4-1)31-34-32(24-12-5-2-6-13-24)36-33(35-31)25-20-18-22(19-21-25)26-15-9-17-29-30(26)27-14-7-8-16-28(27)37-29/h1-29H;1-23H;1-21H. The van der Waals surface area contributed by atoms with E-state index in [2.05, 4.69) is 297 Å². The number of nitrogens with zero attached hydrogens (tertiary/aromatic N) is 9. The van der Waals surface area contributed by atoms with Gasteiger partial charge in [0.15, 0.2) is 52.4 Å². The molecule has 0 aliphatic carbocycles. The number of aromatic nitrogens is 9. The molecule has 0 saturated carbocycles. The summed E-state index contributed by atoms with van der Waals surface area (Å²) < 4.78 is 7.84. The Morgan fingerprint density at radius 2 is 0.354 bits per heavy atom. The number of benzene rings is 18. The van der Waals surface area contributed by atoms with Gasteiger partial charge in [0.05, 0.1) is 0 Å². The van der Waals surface area contributed by atoms with Crippen LogP contribution < -0.4 is 0 Å². The second-order valence-corrected chi connectivity index (χ2v) is 34.1. The molecule has 0 saturated heterocycles. The zero-order chi connectivity index (χ0) is 84.4. The molecule has 0 unspecified atom stereocenters. The monoisotopic (exact) mass is 1680 g/mol. The first-order chi connectivity index (χ1) is 63.0. The molecule has 6 aromatic heterocycles. The van der Waals surface area contributed by atoms with E-state index in [4.69, 9.17) is 44.9 Å². The Morgan fingerprint density at radius 3 is 0.756 bits per heavy atom. The molecule has 0 aliphatic rings. The summed E-state index contributed by atoms with van der Waals surface area (Å²) in [5.74, 6) is 5.92. The lowest BCUT2D eigenvalue weighted by Crippen LogP contribution is -2.02. The molecule has 0 fully saturated rings. The molecule has 9 nitrogen and oxygen atoms in total. The van der Waals surface area contributed by atoms with Crippen molar-refractivity contribution in [3.05, 3.63) is 443 Å². The van der Waals surface area contributed by atoms with Crippen LogP contribution in [0.1, 0.15) is 0 Å². The first-order valence-electron chi connectivity index (χ1n) is 42.2. The Hall–Kier alpha value is -16.1. The van der Waals surface area contributed by atoms with E-state index in [0.29, 0.717) is 52.4 Å². The molecule has 596 valence electrons. The smallest absolute Gasteiger partial charge is 0.164 e. The summed E-state index contributed by atoms with van der Waals surface area (Å²) in [5, 5.41) is 10.1. The van der Waals surface area contributed by atoms with Gasteiger partial charge in [-0.2, -0.15) is 0 Å². The third kappa shape index (κ3) is 15.3. The molecule has 18 aromatic carbocycles. The molecule has 12 heteroatoms.